The molecule has 1 fully saturated rings. The first-order valence-electron chi connectivity index (χ1n) is 5.68. The van der Waals surface area contributed by atoms with Crippen molar-refractivity contribution in [1.82, 2.24) is 5.32 Å². The summed E-state index contributed by atoms with van der Waals surface area (Å²) >= 11 is 0. The molecule has 2 unspecified atom stereocenters. The minimum absolute atomic E-state index is 0.0313. The second-order valence-electron chi connectivity index (χ2n) is 4.84. The minimum Gasteiger partial charge on any atom is -0.396 e. The third kappa shape index (κ3) is 2.91. The predicted molar refractivity (Wildman–Crippen MR) is 60.7 cm³/mol. The van der Waals surface area contributed by atoms with Gasteiger partial charge in [-0.25, -0.2) is 0 Å². The molecule has 4 N–H and O–H groups in total. The molecule has 0 bridgehead atoms. The molecule has 0 aliphatic heterocycles. The predicted octanol–water partition coefficient (Wildman–Crippen LogP) is 0.0992. The van der Waals surface area contributed by atoms with Gasteiger partial charge in [-0.15, -0.1) is 0 Å². The van der Waals surface area contributed by atoms with E-state index in [0.29, 0.717) is 12.6 Å². The quantitative estimate of drug-likeness (QED) is 0.589. The Morgan fingerprint density at radius 3 is 2.53 bits per heavy atom. The fourth-order valence-electron chi connectivity index (χ4n) is 2.11. The normalized spacial score (nSPS) is 34.6. The first kappa shape index (κ1) is 12.9. The number of ether oxygens (including phenoxy) is 1. The lowest BCUT2D eigenvalue weighted by Gasteiger charge is -2.49. The van der Waals surface area contributed by atoms with Gasteiger partial charge in [-0.1, -0.05) is 6.92 Å². The summed E-state index contributed by atoms with van der Waals surface area (Å²) in [5, 5.41) is 12.6. The van der Waals surface area contributed by atoms with E-state index >= 15 is 0 Å². The highest BCUT2D eigenvalue weighted by Crippen LogP contribution is 2.34. The summed E-state index contributed by atoms with van der Waals surface area (Å²) in [6.45, 7) is 4.98. The highest BCUT2D eigenvalue weighted by atomic mass is 16.5. The molecule has 0 aromatic carbocycles. The lowest BCUT2D eigenvalue weighted by Crippen LogP contribution is -2.65. The summed E-state index contributed by atoms with van der Waals surface area (Å²) in [6.07, 6.45) is 2.29. The summed E-state index contributed by atoms with van der Waals surface area (Å²) in [6, 6.07) is 0.288. The number of hydrogen-bond donors (Lipinski definition) is 3. The van der Waals surface area contributed by atoms with E-state index in [9.17, 15) is 0 Å². The van der Waals surface area contributed by atoms with Gasteiger partial charge in [-0.05, 0) is 25.7 Å². The first-order valence-corrected chi connectivity index (χ1v) is 5.68. The summed E-state index contributed by atoms with van der Waals surface area (Å²) in [7, 11) is 1.74. The Kier molecular flexibility index (Phi) is 4.52. The van der Waals surface area contributed by atoms with Crippen LogP contribution >= 0.6 is 0 Å². The lowest BCUT2D eigenvalue weighted by atomic mass is 9.73. The summed E-state index contributed by atoms with van der Waals surface area (Å²) in [5.74, 6) is 0.259. The molecule has 1 rings (SSSR count). The van der Waals surface area contributed by atoms with Gasteiger partial charge in [0.2, 0.25) is 0 Å². The molecule has 1 saturated carbocycles. The number of rotatable bonds is 6. The van der Waals surface area contributed by atoms with Gasteiger partial charge in [-0.3, -0.25) is 0 Å². The second-order valence-corrected chi connectivity index (χ2v) is 4.84. The van der Waals surface area contributed by atoms with Crippen molar-refractivity contribution in [2.24, 2.45) is 11.7 Å². The van der Waals surface area contributed by atoms with Crippen LogP contribution in [0.15, 0.2) is 0 Å². The number of aliphatic hydroxyl groups excluding tert-OH is 1. The molecule has 4 nitrogen and oxygen atoms in total. The van der Waals surface area contributed by atoms with E-state index < -0.39 is 0 Å². The fourth-order valence-corrected chi connectivity index (χ4v) is 2.11. The van der Waals surface area contributed by atoms with E-state index in [4.69, 9.17) is 15.6 Å². The molecule has 1 aliphatic rings. The van der Waals surface area contributed by atoms with E-state index in [-0.39, 0.29) is 24.1 Å². The highest BCUT2D eigenvalue weighted by molar-refractivity contribution is 5.04. The number of methoxy groups -OCH3 is 1. The maximum Gasteiger partial charge on any atom is 0.0607 e. The van der Waals surface area contributed by atoms with Gasteiger partial charge in [0.1, 0.15) is 0 Å². The number of hydrogen-bond acceptors (Lipinski definition) is 4. The van der Waals surface area contributed by atoms with E-state index in [1.807, 2.05) is 6.92 Å². The van der Waals surface area contributed by atoms with Crippen molar-refractivity contribution >= 4 is 0 Å². The summed E-state index contributed by atoms with van der Waals surface area (Å²) in [5.41, 5.74) is 5.83. The Bertz CT molecular complexity index is 193. The number of nitrogens with one attached hydrogen (secondary N) is 1. The third-order valence-electron chi connectivity index (χ3n) is 3.64. The smallest absolute Gasteiger partial charge is 0.0607 e. The summed E-state index contributed by atoms with van der Waals surface area (Å²) in [4.78, 5) is 0. The Hall–Kier alpha value is -0.160. The van der Waals surface area contributed by atoms with Crippen LogP contribution in [0.5, 0.6) is 0 Å². The Balaban J connectivity index is 2.41. The number of aliphatic hydroxyl groups is 1. The van der Waals surface area contributed by atoms with Crippen LogP contribution in [0.25, 0.3) is 0 Å². The van der Waals surface area contributed by atoms with Gasteiger partial charge in [0, 0.05) is 31.8 Å². The van der Waals surface area contributed by atoms with E-state index in [1.54, 1.807) is 7.11 Å². The van der Waals surface area contributed by atoms with Crippen molar-refractivity contribution in [1.29, 1.82) is 0 Å². The molecule has 90 valence electrons. The summed E-state index contributed by atoms with van der Waals surface area (Å²) < 4.78 is 5.27. The van der Waals surface area contributed by atoms with Crippen molar-refractivity contribution in [3.05, 3.63) is 0 Å². The van der Waals surface area contributed by atoms with Crippen molar-refractivity contribution in [2.45, 2.75) is 44.4 Å². The Morgan fingerprint density at radius 1 is 1.53 bits per heavy atom. The van der Waals surface area contributed by atoms with Gasteiger partial charge < -0.3 is 20.9 Å². The van der Waals surface area contributed by atoms with Crippen molar-refractivity contribution in [3.63, 3.8) is 0 Å². The van der Waals surface area contributed by atoms with Crippen LogP contribution in [-0.2, 0) is 4.74 Å². The molecular weight excluding hydrogens is 192 g/mol. The zero-order valence-electron chi connectivity index (χ0n) is 9.99. The molecule has 4 heteroatoms. The van der Waals surface area contributed by atoms with Crippen LogP contribution in [0.1, 0.15) is 26.7 Å². The molecule has 0 aromatic heterocycles. The average molecular weight is 216 g/mol. The Morgan fingerprint density at radius 2 is 2.13 bits per heavy atom. The molecule has 0 heterocycles. The van der Waals surface area contributed by atoms with Gasteiger partial charge in [0.25, 0.3) is 0 Å². The zero-order valence-corrected chi connectivity index (χ0v) is 9.99. The molecular formula is C11H24N2O2. The molecule has 0 spiro atoms. The van der Waals surface area contributed by atoms with Gasteiger partial charge in [0.05, 0.1) is 6.10 Å². The highest BCUT2D eigenvalue weighted by Gasteiger charge is 2.44. The van der Waals surface area contributed by atoms with Crippen molar-refractivity contribution < 1.29 is 9.84 Å². The monoisotopic (exact) mass is 216 g/mol. The maximum absolute atomic E-state index is 9.07. The van der Waals surface area contributed by atoms with Crippen LogP contribution in [0.2, 0.25) is 0 Å². The van der Waals surface area contributed by atoms with Gasteiger partial charge >= 0.3 is 0 Å². The van der Waals surface area contributed by atoms with E-state index in [2.05, 4.69) is 12.2 Å². The van der Waals surface area contributed by atoms with Crippen LogP contribution in [0.3, 0.4) is 0 Å². The lowest BCUT2D eigenvalue weighted by molar-refractivity contribution is -0.0337. The molecule has 0 aromatic rings. The molecule has 2 atom stereocenters. The maximum atomic E-state index is 9.07. The largest absolute Gasteiger partial charge is 0.396 e. The molecule has 0 saturated heterocycles. The topological polar surface area (TPSA) is 67.5 Å². The third-order valence-corrected chi connectivity index (χ3v) is 3.64. The van der Waals surface area contributed by atoms with E-state index in [0.717, 1.165) is 12.8 Å². The zero-order chi connectivity index (χ0) is 11.5. The molecule has 0 amide bonds. The van der Waals surface area contributed by atoms with Crippen LogP contribution in [0, 0.1) is 5.92 Å². The second kappa shape index (κ2) is 5.25. The molecule has 0 radical (unpaired) electrons. The van der Waals surface area contributed by atoms with Gasteiger partial charge in [0.15, 0.2) is 0 Å². The number of nitrogens with two attached hydrogens (primary N) is 1. The first-order chi connectivity index (χ1) is 7.06. The SMILES string of the molecule is COC1CC(CN)(NC(C)C(C)CO)C1. The van der Waals surface area contributed by atoms with Crippen LogP contribution in [-0.4, -0.2) is 43.1 Å². The van der Waals surface area contributed by atoms with Crippen molar-refractivity contribution in [3.8, 4) is 0 Å². The van der Waals surface area contributed by atoms with Crippen LogP contribution in [0.4, 0.5) is 0 Å². The van der Waals surface area contributed by atoms with Gasteiger partial charge in [-0.2, -0.15) is 0 Å². The van der Waals surface area contributed by atoms with Crippen molar-refractivity contribution in [2.75, 3.05) is 20.3 Å². The average Bonchev–Trinajstić information content (AvgIpc) is 2.21. The molecule has 15 heavy (non-hydrogen) atoms. The van der Waals surface area contributed by atoms with E-state index in [1.165, 1.54) is 0 Å². The standard InChI is InChI=1S/C11H24N2O2/c1-8(6-14)9(2)13-11(7-12)4-10(5-11)15-3/h8-10,13-14H,4-7,12H2,1-3H3. The van der Waals surface area contributed by atoms with Crippen LogP contribution < -0.4 is 11.1 Å². The minimum atomic E-state index is 0.0313. The molecule has 1 aliphatic carbocycles. The Labute approximate surface area is 92.2 Å². The fraction of sp³-hybridized carbons (Fsp3) is 1.00.